The van der Waals surface area contributed by atoms with Crippen LogP contribution < -0.4 is 5.73 Å². The summed E-state index contributed by atoms with van der Waals surface area (Å²) >= 11 is 0. The summed E-state index contributed by atoms with van der Waals surface area (Å²) in [7, 11) is 1.60. The van der Waals surface area contributed by atoms with Crippen molar-refractivity contribution >= 4 is 0 Å². The largest absolute Gasteiger partial charge is 0.389 e. The summed E-state index contributed by atoms with van der Waals surface area (Å²) < 4.78 is 4.76. The first-order valence-corrected chi connectivity index (χ1v) is 3.04. The zero-order chi connectivity index (χ0) is 7.33. The lowest BCUT2D eigenvalue weighted by molar-refractivity contribution is 0.0322. The molecule has 0 rings (SSSR count). The third-order valence-corrected chi connectivity index (χ3v) is 1.28. The molecule has 0 aromatic heterocycles. The lowest BCUT2D eigenvalue weighted by atomic mass is 10.0. The van der Waals surface area contributed by atoms with Crippen molar-refractivity contribution in [2.75, 3.05) is 20.3 Å². The fourth-order valence-electron chi connectivity index (χ4n) is 0.424. The zero-order valence-corrected chi connectivity index (χ0v) is 6.05. The van der Waals surface area contributed by atoms with Crippen LogP contribution in [0.2, 0.25) is 0 Å². The molecule has 0 aromatic rings. The van der Waals surface area contributed by atoms with E-state index in [1.165, 1.54) is 0 Å². The SMILES string of the molecule is COCC[C@@](C)(O)CN. The Morgan fingerprint density at radius 2 is 2.22 bits per heavy atom. The van der Waals surface area contributed by atoms with Gasteiger partial charge in [-0.25, -0.2) is 0 Å². The van der Waals surface area contributed by atoms with Crippen molar-refractivity contribution in [2.45, 2.75) is 18.9 Å². The molecule has 0 spiro atoms. The molecule has 0 bridgehead atoms. The Morgan fingerprint density at radius 3 is 2.56 bits per heavy atom. The lowest BCUT2D eigenvalue weighted by Crippen LogP contribution is -2.35. The Labute approximate surface area is 55.8 Å². The molecule has 0 unspecified atom stereocenters. The number of methoxy groups -OCH3 is 1. The van der Waals surface area contributed by atoms with Crippen molar-refractivity contribution in [3.05, 3.63) is 0 Å². The van der Waals surface area contributed by atoms with Crippen molar-refractivity contribution in [1.82, 2.24) is 0 Å². The summed E-state index contributed by atoms with van der Waals surface area (Å²) in [5.74, 6) is 0. The van der Waals surface area contributed by atoms with Gasteiger partial charge in [0.05, 0.1) is 5.60 Å². The maximum absolute atomic E-state index is 9.25. The van der Waals surface area contributed by atoms with Crippen molar-refractivity contribution in [1.29, 1.82) is 0 Å². The average molecular weight is 133 g/mol. The van der Waals surface area contributed by atoms with Crippen LogP contribution in [-0.2, 0) is 4.74 Å². The third kappa shape index (κ3) is 4.39. The highest BCUT2D eigenvalue weighted by Gasteiger charge is 2.16. The minimum absolute atomic E-state index is 0.288. The van der Waals surface area contributed by atoms with E-state index in [0.29, 0.717) is 13.0 Å². The number of ether oxygens (including phenoxy) is 1. The van der Waals surface area contributed by atoms with Gasteiger partial charge in [-0.2, -0.15) is 0 Å². The van der Waals surface area contributed by atoms with Gasteiger partial charge in [0.15, 0.2) is 0 Å². The van der Waals surface area contributed by atoms with E-state index in [1.807, 2.05) is 0 Å². The summed E-state index contributed by atoms with van der Waals surface area (Å²) in [6.07, 6.45) is 0.597. The topological polar surface area (TPSA) is 55.5 Å². The molecular formula is C6H15NO2. The monoisotopic (exact) mass is 133 g/mol. The van der Waals surface area contributed by atoms with Gasteiger partial charge in [-0.15, -0.1) is 0 Å². The van der Waals surface area contributed by atoms with E-state index < -0.39 is 5.60 Å². The second kappa shape index (κ2) is 3.82. The molecule has 0 aliphatic carbocycles. The van der Waals surface area contributed by atoms with Crippen LogP contribution in [0.5, 0.6) is 0 Å². The molecule has 3 nitrogen and oxygen atoms in total. The molecule has 0 saturated carbocycles. The number of aliphatic hydroxyl groups is 1. The van der Waals surface area contributed by atoms with Gasteiger partial charge < -0.3 is 15.6 Å². The van der Waals surface area contributed by atoms with Gasteiger partial charge in [0.1, 0.15) is 0 Å². The molecule has 3 heteroatoms. The summed E-state index contributed by atoms with van der Waals surface area (Å²) in [6, 6.07) is 0. The quantitative estimate of drug-likeness (QED) is 0.555. The Kier molecular flexibility index (Phi) is 3.77. The minimum Gasteiger partial charge on any atom is -0.389 e. The van der Waals surface area contributed by atoms with E-state index in [9.17, 15) is 5.11 Å². The van der Waals surface area contributed by atoms with Crippen LogP contribution in [0.1, 0.15) is 13.3 Å². The highest BCUT2D eigenvalue weighted by atomic mass is 16.5. The van der Waals surface area contributed by atoms with Crippen LogP contribution >= 0.6 is 0 Å². The molecule has 0 heterocycles. The van der Waals surface area contributed by atoms with Gasteiger partial charge in [0, 0.05) is 26.7 Å². The Bertz CT molecular complexity index is 73.5. The molecule has 56 valence electrons. The highest BCUT2D eigenvalue weighted by molar-refractivity contribution is 4.71. The first-order chi connectivity index (χ1) is 4.12. The molecule has 0 radical (unpaired) electrons. The molecule has 0 saturated heterocycles. The summed E-state index contributed by atoms with van der Waals surface area (Å²) in [6.45, 7) is 2.55. The smallest absolute Gasteiger partial charge is 0.0763 e. The predicted molar refractivity (Wildman–Crippen MR) is 36.2 cm³/mol. The van der Waals surface area contributed by atoms with Crippen molar-refractivity contribution in [3.8, 4) is 0 Å². The number of hydrogen-bond acceptors (Lipinski definition) is 3. The number of nitrogens with two attached hydrogens (primary N) is 1. The van der Waals surface area contributed by atoms with Gasteiger partial charge in [-0.3, -0.25) is 0 Å². The highest BCUT2D eigenvalue weighted by Crippen LogP contribution is 2.05. The molecular weight excluding hydrogens is 118 g/mol. The van der Waals surface area contributed by atoms with E-state index in [-0.39, 0.29) is 6.54 Å². The maximum atomic E-state index is 9.25. The maximum Gasteiger partial charge on any atom is 0.0763 e. The van der Waals surface area contributed by atoms with Gasteiger partial charge in [-0.05, 0) is 6.92 Å². The van der Waals surface area contributed by atoms with Crippen molar-refractivity contribution in [3.63, 3.8) is 0 Å². The van der Waals surface area contributed by atoms with Crippen LogP contribution in [0, 0.1) is 0 Å². The van der Waals surface area contributed by atoms with Gasteiger partial charge in [0.2, 0.25) is 0 Å². The number of rotatable bonds is 4. The predicted octanol–water partition coefficient (Wildman–Crippen LogP) is -0.267. The Morgan fingerprint density at radius 1 is 1.67 bits per heavy atom. The summed E-state index contributed by atoms with van der Waals surface area (Å²) in [5.41, 5.74) is 4.49. The fraction of sp³-hybridized carbons (Fsp3) is 1.00. The standard InChI is InChI=1S/C6H15NO2/c1-6(8,5-7)3-4-9-2/h8H,3-5,7H2,1-2H3/t6-/m1/s1. The van der Waals surface area contributed by atoms with Gasteiger partial charge in [-0.1, -0.05) is 0 Å². The van der Waals surface area contributed by atoms with Crippen LogP contribution in [0.3, 0.4) is 0 Å². The molecule has 1 atom stereocenters. The summed E-state index contributed by atoms with van der Waals surface area (Å²) in [5, 5.41) is 9.25. The Hall–Kier alpha value is -0.120. The molecule has 3 N–H and O–H groups in total. The lowest BCUT2D eigenvalue weighted by Gasteiger charge is -2.19. The molecule has 0 amide bonds. The minimum atomic E-state index is -0.754. The van der Waals surface area contributed by atoms with Crippen molar-refractivity contribution < 1.29 is 9.84 Å². The van der Waals surface area contributed by atoms with Crippen LogP contribution in [0.15, 0.2) is 0 Å². The first-order valence-electron chi connectivity index (χ1n) is 3.04. The first kappa shape index (κ1) is 8.88. The van der Waals surface area contributed by atoms with Crippen LogP contribution in [-0.4, -0.2) is 31.0 Å². The van der Waals surface area contributed by atoms with E-state index in [4.69, 9.17) is 10.5 Å². The molecule has 0 aliphatic rings. The molecule has 0 fully saturated rings. The fourth-order valence-corrected chi connectivity index (χ4v) is 0.424. The summed E-state index contributed by atoms with van der Waals surface area (Å²) in [4.78, 5) is 0. The van der Waals surface area contributed by atoms with Crippen LogP contribution in [0.4, 0.5) is 0 Å². The zero-order valence-electron chi connectivity index (χ0n) is 6.05. The molecule has 9 heavy (non-hydrogen) atoms. The van der Waals surface area contributed by atoms with E-state index in [2.05, 4.69) is 0 Å². The average Bonchev–Trinajstić information content (AvgIpc) is 1.84. The normalized spacial score (nSPS) is 17.3. The molecule has 0 aliphatic heterocycles. The van der Waals surface area contributed by atoms with E-state index >= 15 is 0 Å². The third-order valence-electron chi connectivity index (χ3n) is 1.28. The van der Waals surface area contributed by atoms with Crippen LogP contribution in [0.25, 0.3) is 0 Å². The van der Waals surface area contributed by atoms with Gasteiger partial charge in [0.25, 0.3) is 0 Å². The van der Waals surface area contributed by atoms with E-state index in [0.717, 1.165) is 0 Å². The molecule has 0 aromatic carbocycles. The second-order valence-electron chi connectivity index (χ2n) is 2.44. The van der Waals surface area contributed by atoms with E-state index in [1.54, 1.807) is 14.0 Å². The number of hydrogen-bond donors (Lipinski definition) is 2. The van der Waals surface area contributed by atoms with Crippen molar-refractivity contribution in [2.24, 2.45) is 5.73 Å². The van der Waals surface area contributed by atoms with Gasteiger partial charge >= 0.3 is 0 Å². The second-order valence-corrected chi connectivity index (χ2v) is 2.44. The Balaban J connectivity index is 3.33.